The van der Waals surface area contributed by atoms with Crippen LogP contribution < -0.4 is 10.6 Å². The quantitative estimate of drug-likeness (QED) is 0.628. The number of nitrogens with zero attached hydrogens (tertiary/aromatic N) is 2. The van der Waals surface area contributed by atoms with Gasteiger partial charge in [-0.3, -0.25) is 14.5 Å². The fraction of sp³-hybridized carbons (Fsp3) is 0.385. The minimum atomic E-state index is -0.177. The van der Waals surface area contributed by atoms with Gasteiger partial charge >= 0.3 is 0 Å². The highest BCUT2D eigenvalue weighted by atomic mass is 16.2. The van der Waals surface area contributed by atoms with Gasteiger partial charge in [0.1, 0.15) is 0 Å². The van der Waals surface area contributed by atoms with Crippen molar-refractivity contribution >= 4 is 23.6 Å². The van der Waals surface area contributed by atoms with Crippen molar-refractivity contribution in [1.82, 2.24) is 15.1 Å². The first-order valence-electron chi connectivity index (χ1n) is 11.5. The van der Waals surface area contributed by atoms with Gasteiger partial charge in [-0.25, -0.2) is 0 Å². The molecule has 1 saturated heterocycles. The lowest BCUT2D eigenvalue weighted by Crippen LogP contribution is -2.45. The molecule has 0 atom stereocenters. The smallest absolute Gasteiger partial charge is 0.251 e. The highest BCUT2D eigenvalue weighted by Gasteiger charge is 2.23. The second-order valence-corrected chi connectivity index (χ2v) is 8.60. The first kappa shape index (κ1) is 22.2. The highest BCUT2D eigenvalue weighted by Crippen LogP contribution is 2.19. The summed E-state index contributed by atoms with van der Waals surface area (Å²) in [7, 11) is 0. The van der Waals surface area contributed by atoms with Crippen LogP contribution in [-0.4, -0.2) is 60.4 Å². The Morgan fingerprint density at radius 1 is 0.938 bits per heavy atom. The monoisotopic (exact) mass is 432 g/mol. The normalized spacial score (nSPS) is 17.4. The van der Waals surface area contributed by atoms with Crippen LogP contribution >= 0.6 is 0 Å². The van der Waals surface area contributed by atoms with E-state index >= 15 is 0 Å². The molecule has 0 radical (unpaired) electrons. The van der Waals surface area contributed by atoms with Crippen LogP contribution in [0.3, 0.4) is 0 Å². The SMILES string of the molecule is CCN1CCN(Cc2ccc(NC(=O)/C=C/c3ccc(C(=O)NC4CC4)cc3)cc2)CC1. The second-order valence-electron chi connectivity index (χ2n) is 8.60. The molecule has 2 aromatic carbocycles. The van der Waals surface area contributed by atoms with Crippen LogP contribution in [-0.2, 0) is 11.3 Å². The number of likely N-dealkylation sites (N-methyl/N-ethyl adjacent to an activating group) is 1. The van der Waals surface area contributed by atoms with E-state index in [1.54, 1.807) is 18.2 Å². The van der Waals surface area contributed by atoms with E-state index in [0.717, 1.165) is 63.4 Å². The maximum absolute atomic E-state index is 12.3. The first-order valence-corrected chi connectivity index (χ1v) is 11.5. The van der Waals surface area contributed by atoms with Crippen molar-refractivity contribution in [2.24, 2.45) is 0 Å². The lowest BCUT2D eigenvalue weighted by atomic mass is 10.1. The third kappa shape index (κ3) is 6.52. The molecule has 2 N–H and O–H groups in total. The van der Waals surface area contributed by atoms with Crippen molar-refractivity contribution in [3.8, 4) is 0 Å². The number of rotatable bonds is 8. The molecule has 2 aromatic rings. The number of benzene rings is 2. The molecule has 1 heterocycles. The van der Waals surface area contributed by atoms with E-state index in [0.29, 0.717) is 11.6 Å². The molecular formula is C26H32N4O2. The third-order valence-electron chi connectivity index (χ3n) is 6.05. The molecule has 2 fully saturated rings. The molecule has 0 spiro atoms. The van der Waals surface area contributed by atoms with Crippen molar-refractivity contribution in [3.63, 3.8) is 0 Å². The molecule has 4 rings (SSSR count). The number of piperazine rings is 1. The van der Waals surface area contributed by atoms with Gasteiger partial charge in [0.15, 0.2) is 0 Å². The van der Waals surface area contributed by atoms with Crippen molar-refractivity contribution < 1.29 is 9.59 Å². The third-order valence-corrected chi connectivity index (χ3v) is 6.05. The molecule has 0 aromatic heterocycles. The van der Waals surface area contributed by atoms with Crippen LogP contribution in [0.15, 0.2) is 54.6 Å². The zero-order chi connectivity index (χ0) is 22.3. The Labute approximate surface area is 190 Å². The van der Waals surface area contributed by atoms with Gasteiger partial charge < -0.3 is 15.5 Å². The van der Waals surface area contributed by atoms with Crippen LogP contribution in [0.2, 0.25) is 0 Å². The van der Waals surface area contributed by atoms with E-state index in [2.05, 4.69) is 39.5 Å². The Hall–Kier alpha value is -2.96. The van der Waals surface area contributed by atoms with Gasteiger partial charge in [0.2, 0.25) is 5.91 Å². The lowest BCUT2D eigenvalue weighted by molar-refractivity contribution is -0.111. The zero-order valence-corrected chi connectivity index (χ0v) is 18.7. The van der Waals surface area contributed by atoms with Gasteiger partial charge in [0.25, 0.3) is 5.91 Å². The second kappa shape index (κ2) is 10.6. The fourth-order valence-electron chi connectivity index (χ4n) is 3.81. The molecule has 6 nitrogen and oxygen atoms in total. The summed E-state index contributed by atoms with van der Waals surface area (Å²) in [5, 5.41) is 5.88. The summed E-state index contributed by atoms with van der Waals surface area (Å²) in [6.07, 6.45) is 5.41. The maximum Gasteiger partial charge on any atom is 0.251 e. The molecule has 1 aliphatic heterocycles. The van der Waals surface area contributed by atoms with E-state index < -0.39 is 0 Å². The van der Waals surface area contributed by atoms with Gasteiger partial charge in [0, 0.05) is 56.1 Å². The predicted molar refractivity (Wildman–Crippen MR) is 128 cm³/mol. The molecule has 2 amide bonds. The van der Waals surface area contributed by atoms with Crippen molar-refractivity contribution in [2.75, 3.05) is 38.0 Å². The van der Waals surface area contributed by atoms with E-state index in [4.69, 9.17) is 0 Å². The number of nitrogens with one attached hydrogen (secondary N) is 2. The van der Waals surface area contributed by atoms with Gasteiger partial charge in [-0.1, -0.05) is 31.2 Å². The fourth-order valence-corrected chi connectivity index (χ4v) is 3.81. The molecule has 32 heavy (non-hydrogen) atoms. The van der Waals surface area contributed by atoms with Crippen LogP contribution in [0.25, 0.3) is 6.08 Å². The van der Waals surface area contributed by atoms with Crippen molar-refractivity contribution in [1.29, 1.82) is 0 Å². The Kier molecular flexibility index (Phi) is 7.35. The van der Waals surface area contributed by atoms with Crippen molar-refractivity contribution in [2.45, 2.75) is 32.4 Å². The van der Waals surface area contributed by atoms with Gasteiger partial charge in [-0.05, 0) is 60.9 Å². The molecule has 1 aliphatic carbocycles. The summed E-state index contributed by atoms with van der Waals surface area (Å²) in [6.45, 7) is 8.75. The summed E-state index contributed by atoms with van der Waals surface area (Å²) < 4.78 is 0. The van der Waals surface area contributed by atoms with E-state index in [9.17, 15) is 9.59 Å². The van der Waals surface area contributed by atoms with Gasteiger partial charge in [-0.2, -0.15) is 0 Å². The Morgan fingerprint density at radius 3 is 2.22 bits per heavy atom. The van der Waals surface area contributed by atoms with E-state index in [1.807, 2.05) is 24.3 Å². The highest BCUT2D eigenvalue weighted by molar-refractivity contribution is 6.02. The molecular weight excluding hydrogens is 400 g/mol. The van der Waals surface area contributed by atoms with E-state index in [1.165, 1.54) is 11.6 Å². The lowest BCUT2D eigenvalue weighted by Gasteiger charge is -2.34. The summed E-state index contributed by atoms with van der Waals surface area (Å²) in [5.41, 5.74) is 3.56. The standard InChI is InChI=1S/C26H32N4O2/c1-2-29-15-17-30(18-16-29)19-21-5-10-23(11-6-21)27-25(31)14-7-20-3-8-22(9-4-20)26(32)28-24-12-13-24/h3-11,14,24H,2,12-13,15-19H2,1H3,(H,27,31)(H,28,32)/b14-7+. The minimum Gasteiger partial charge on any atom is -0.349 e. The Morgan fingerprint density at radius 2 is 1.59 bits per heavy atom. The zero-order valence-electron chi connectivity index (χ0n) is 18.7. The predicted octanol–water partition coefficient (Wildman–Crippen LogP) is 3.37. The van der Waals surface area contributed by atoms with E-state index in [-0.39, 0.29) is 11.8 Å². The van der Waals surface area contributed by atoms with Crippen molar-refractivity contribution in [3.05, 3.63) is 71.3 Å². The molecule has 0 bridgehead atoms. The Bertz CT molecular complexity index is 941. The average molecular weight is 433 g/mol. The minimum absolute atomic E-state index is 0.0348. The summed E-state index contributed by atoms with van der Waals surface area (Å²) >= 11 is 0. The maximum atomic E-state index is 12.3. The number of amides is 2. The summed E-state index contributed by atoms with van der Waals surface area (Å²) in [4.78, 5) is 29.3. The molecule has 6 heteroatoms. The number of hydrogen-bond donors (Lipinski definition) is 2. The van der Waals surface area contributed by atoms with Crippen LogP contribution in [0.4, 0.5) is 5.69 Å². The molecule has 2 aliphatic rings. The average Bonchev–Trinajstić information content (AvgIpc) is 3.64. The number of carbonyl (C=O) groups excluding carboxylic acids is 2. The van der Waals surface area contributed by atoms with Gasteiger partial charge in [-0.15, -0.1) is 0 Å². The molecule has 168 valence electrons. The first-order chi connectivity index (χ1) is 15.6. The summed E-state index contributed by atoms with van der Waals surface area (Å²) in [6, 6.07) is 15.7. The van der Waals surface area contributed by atoms with Gasteiger partial charge in [0.05, 0.1) is 0 Å². The van der Waals surface area contributed by atoms with Crippen LogP contribution in [0.5, 0.6) is 0 Å². The largest absolute Gasteiger partial charge is 0.349 e. The van der Waals surface area contributed by atoms with Crippen LogP contribution in [0.1, 0.15) is 41.3 Å². The molecule has 1 saturated carbocycles. The van der Waals surface area contributed by atoms with Crippen LogP contribution in [0, 0.1) is 0 Å². The molecule has 0 unspecified atom stereocenters. The summed E-state index contributed by atoms with van der Waals surface area (Å²) in [5.74, 6) is -0.212. The topological polar surface area (TPSA) is 64.7 Å². The Balaban J connectivity index is 1.23. The number of carbonyl (C=O) groups is 2. The number of hydrogen-bond acceptors (Lipinski definition) is 4. The number of anilines is 1.